The molecule has 0 aromatic heterocycles. The molecule has 0 rings (SSSR count). The highest BCUT2D eigenvalue weighted by atomic mass is 32.2. The largest absolute Gasteiger partial charge is 0.299 e. The zero-order valence-corrected chi connectivity index (χ0v) is 10.3. The van der Waals surface area contributed by atoms with Crippen molar-refractivity contribution in [1.29, 1.82) is 0 Å². The highest BCUT2D eigenvalue weighted by Gasteiger charge is 1.98. The third-order valence-electron chi connectivity index (χ3n) is 1.34. The topological polar surface area (TPSA) is 57.6 Å². The zero-order chi connectivity index (χ0) is 12.3. The van der Waals surface area contributed by atoms with Gasteiger partial charge in [0, 0.05) is 13.1 Å². The summed E-state index contributed by atoms with van der Waals surface area (Å²) in [4.78, 5) is 2.12. The van der Waals surface area contributed by atoms with Crippen LogP contribution in [0, 0.1) is 0 Å². The van der Waals surface area contributed by atoms with Crippen LogP contribution in [0.25, 0.3) is 0 Å². The van der Waals surface area contributed by atoms with Crippen LogP contribution in [0.5, 0.6) is 0 Å². The molecule has 0 bridgehead atoms. The first-order valence-electron chi connectivity index (χ1n) is 4.72. The molecule has 0 aliphatic heterocycles. The van der Waals surface area contributed by atoms with Crippen molar-refractivity contribution in [1.82, 2.24) is 4.90 Å². The number of hydrogen-bond acceptors (Lipinski definition) is 3. The molecule has 0 aromatic carbocycles. The molecule has 0 heterocycles. The van der Waals surface area contributed by atoms with Gasteiger partial charge in [0.15, 0.2) is 0 Å². The number of rotatable bonds is 6. The van der Waals surface area contributed by atoms with E-state index in [1.807, 2.05) is 19.2 Å². The summed E-state index contributed by atoms with van der Waals surface area (Å²) in [6, 6.07) is 0. The summed E-state index contributed by atoms with van der Waals surface area (Å²) in [6.07, 6.45) is 4.23. The fourth-order valence-electron chi connectivity index (χ4n) is 0.773. The molecule has 90 valence electrons. The van der Waals surface area contributed by atoms with E-state index in [9.17, 15) is 8.42 Å². The van der Waals surface area contributed by atoms with Gasteiger partial charge in [-0.3, -0.25) is 9.45 Å². The molecule has 0 fully saturated rings. The highest BCUT2D eigenvalue weighted by molar-refractivity contribution is 7.85. The van der Waals surface area contributed by atoms with Crippen LogP contribution in [0.1, 0.15) is 13.3 Å². The summed E-state index contributed by atoms with van der Waals surface area (Å²) in [5, 5.41) is 0. The van der Waals surface area contributed by atoms with Crippen LogP contribution in [0.15, 0.2) is 25.3 Å². The Morgan fingerprint density at radius 3 is 1.80 bits per heavy atom. The van der Waals surface area contributed by atoms with Gasteiger partial charge in [-0.25, -0.2) is 0 Å². The Labute approximate surface area is 93.0 Å². The lowest BCUT2D eigenvalue weighted by Gasteiger charge is -2.09. The van der Waals surface area contributed by atoms with Crippen molar-refractivity contribution in [2.24, 2.45) is 0 Å². The van der Waals surface area contributed by atoms with E-state index >= 15 is 0 Å². The second-order valence-corrected chi connectivity index (χ2v) is 4.66. The molecule has 0 unspecified atom stereocenters. The van der Waals surface area contributed by atoms with Crippen LogP contribution in [-0.2, 0) is 10.1 Å². The summed E-state index contributed by atoms with van der Waals surface area (Å²) < 4.78 is 27.6. The van der Waals surface area contributed by atoms with Crippen molar-refractivity contribution in [3.63, 3.8) is 0 Å². The summed E-state index contributed by atoms with van der Waals surface area (Å²) in [5.74, 6) is -0.132. The minimum atomic E-state index is -3.67. The Balaban J connectivity index is 0. The van der Waals surface area contributed by atoms with Crippen LogP contribution >= 0.6 is 0 Å². The van der Waals surface area contributed by atoms with Crippen molar-refractivity contribution in [2.45, 2.75) is 13.3 Å². The van der Waals surface area contributed by atoms with Gasteiger partial charge < -0.3 is 0 Å². The van der Waals surface area contributed by atoms with E-state index in [2.05, 4.69) is 18.1 Å². The maximum atomic E-state index is 9.79. The molecule has 0 aromatic rings. The quantitative estimate of drug-likeness (QED) is 0.561. The van der Waals surface area contributed by atoms with Gasteiger partial charge >= 0.3 is 0 Å². The smallest absolute Gasteiger partial charge is 0.264 e. The predicted octanol–water partition coefficient (Wildman–Crippen LogP) is 1.57. The van der Waals surface area contributed by atoms with Crippen LogP contribution in [-0.4, -0.2) is 43.8 Å². The summed E-state index contributed by atoms with van der Waals surface area (Å²) in [5.41, 5.74) is 0. The fraction of sp³-hybridized carbons (Fsp3) is 0.600. The van der Waals surface area contributed by atoms with E-state index < -0.39 is 10.1 Å². The molecule has 0 aliphatic rings. The van der Waals surface area contributed by atoms with E-state index in [0.717, 1.165) is 13.1 Å². The molecule has 0 amide bonds. The van der Waals surface area contributed by atoms with Gasteiger partial charge in [-0.1, -0.05) is 19.1 Å². The number of nitrogens with zero attached hydrogens (tertiary/aromatic N) is 1. The second-order valence-electron chi connectivity index (χ2n) is 3.08. The van der Waals surface area contributed by atoms with E-state index in [1.165, 1.54) is 0 Å². The SMILES string of the molecule is C=CCN(C)CC=C.CCCS(=O)(=O)O. The summed E-state index contributed by atoms with van der Waals surface area (Å²) in [7, 11) is -1.64. The first-order chi connectivity index (χ1) is 6.87. The van der Waals surface area contributed by atoms with Gasteiger partial charge in [0.25, 0.3) is 10.1 Å². The van der Waals surface area contributed by atoms with Gasteiger partial charge in [0.2, 0.25) is 0 Å². The lowest BCUT2D eigenvalue weighted by molar-refractivity contribution is 0.413. The molecule has 0 radical (unpaired) electrons. The van der Waals surface area contributed by atoms with E-state index in [1.54, 1.807) is 6.92 Å². The minimum Gasteiger partial charge on any atom is -0.299 e. The molecule has 0 atom stereocenters. The normalized spacial score (nSPS) is 10.4. The minimum absolute atomic E-state index is 0.132. The molecule has 15 heavy (non-hydrogen) atoms. The zero-order valence-electron chi connectivity index (χ0n) is 9.52. The maximum Gasteiger partial charge on any atom is 0.264 e. The molecular weight excluding hydrogens is 214 g/mol. The van der Waals surface area contributed by atoms with Crippen molar-refractivity contribution < 1.29 is 13.0 Å². The maximum absolute atomic E-state index is 9.79. The summed E-state index contributed by atoms with van der Waals surface area (Å²) >= 11 is 0. The second kappa shape index (κ2) is 9.89. The first kappa shape index (κ1) is 16.8. The molecule has 0 saturated carbocycles. The number of likely N-dealkylation sites (N-methyl/N-ethyl adjacent to an activating group) is 1. The Bertz CT molecular complexity index is 250. The molecule has 0 aliphatic carbocycles. The van der Waals surface area contributed by atoms with E-state index in [4.69, 9.17) is 4.55 Å². The molecule has 0 spiro atoms. The highest BCUT2D eigenvalue weighted by Crippen LogP contribution is 1.83. The predicted molar refractivity (Wildman–Crippen MR) is 64.6 cm³/mol. The Kier molecular flexibility index (Phi) is 11.1. The Morgan fingerprint density at radius 2 is 1.67 bits per heavy atom. The average molecular weight is 235 g/mol. The third-order valence-corrected chi connectivity index (χ3v) is 2.27. The van der Waals surface area contributed by atoms with Gasteiger partial charge in [0.1, 0.15) is 0 Å². The third kappa shape index (κ3) is 19.7. The van der Waals surface area contributed by atoms with Crippen molar-refractivity contribution in [3.8, 4) is 0 Å². The van der Waals surface area contributed by atoms with Crippen LogP contribution in [0.4, 0.5) is 0 Å². The standard InChI is InChI=1S/C7H13N.C3H8O3S/c1-4-6-8(3)7-5-2;1-2-3-7(4,5)6/h4-5H,1-2,6-7H2,3H3;2-3H2,1H3,(H,4,5,6). The van der Waals surface area contributed by atoms with E-state index in [-0.39, 0.29) is 5.75 Å². The van der Waals surface area contributed by atoms with Gasteiger partial charge in [-0.2, -0.15) is 8.42 Å². The molecule has 1 N–H and O–H groups in total. The Morgan fingerprint density at radius 1 is 1.27 bits per heavy atom. The molecular formula is C10H21NO3S. The van der Waals surface area contributed by atoms with Crippen LogP contribution < -0.4 is 0 Å². The lowest BCUT2D eigenvalue weighted by Crippen LogP contribution is -2.17. The van der Waals surface area contributed by atoms with Crippen molar-refractivity contribution in [3.05, 3.63) is 25.3 Å². The number of hydrogen-bond donors (Lipinski definition) is 1. The first-order valence-corrected chi connectivity index (χ1v) is 6.33. The lowest BCUT2D eigenvalue weighted by atomic mass is 10.5. The molecule has 5 heteroatoms. The van der Waals surface area contributed by atoms with Gasteiger partial charge in [0.05, 0.1) is 5.75 Å². The monoisotopic (exact) mass is 235 g/mol. The molecule has 0 saturated heterocycles. The van der Waals surface area contributed by atoms with Crippen molar-refractivity contribution >= 4 is 10.1 Å². The van der Waals surface area contributed by atoms with Crippen molar-refractivity contribution in [2.75, 3.05) is 25.9 Å². The molecule has 4 nitrogen and oxygen atoms in total. The van der Waals surface area contributed by atoms with Gasteiger partial charge in [-0.15, -0.1) is 13.2 Å². The van der Waals surface area contributed by atoms with Crippen LogP contribution in [0.3, 0.4) is 0 Å². The summed E-state index contributed by atoms with van der Waals surface area (Å²) in [6.45, 7) is 10.8. The van der Waals surface area contributed by atoms with Crippen LogP contribution in [0.2, 0.25) is 0 Å². The van der Waals surface area contributed by atoms with Gasteiger partial charge in [-0.05, 0) is 13.5 Å². The fourth-order valence-corrected chi connectivity index (χ4v) is 1.29. The average Bonchev–Trinajstić information content (AvgIpc) is 2.03. The van der Waals surface area contributed by atoms with E-state index in [0.29, 0.717) is 6.42 Å². The Hall–Kier alpha value is -0.650.